The lowest BCUT2D eigenvalue weighted by Crippen LogP contribution is -2.05. The van der Waals surface area contributed by atoms with Gasteiger partial charge in [-0.2, -0.15) is 0 Å². The van der Waals surface area contributed by atoms with Crippen molar-refractivity contribution in [2.75, 3.05) is 0 Å². The zero-order chi connectivity index (χ0) is 14.3. The molecule has 0 amide bonds. The van der Waals surface area contributed by atoms with Crippen molar-refractivity contribution in [3.05, 3.63) is 35.8 Å². The Hall–Kier alpha value is -2.76. The van der Waals surface area contributed by atoms with Gasteiger partial charge in [0.25, 0.3) is 5.78 Å². The Bertz CT molecular complexity index is 754. The molecule has 1 fully saturated rings. The van der Waals surface area contributed by atoms with E-state index in [-0.39, 0.29) is 18.5 Å². The van der Waals surface area contributed by atoms with Crippen molar-refractivity contribution in [1.29, 1.82) is 0 Å². The van der Waals surface area contributed by atoms with Crippen LogP contribution in [0, 0.1) is 0 Å². The second kappa shape index (κ2) is 4.41. The first-order chi connectivity index (χ1) is 9.60. The van der Waals surface area contributed by atoms with Crippen molar-refractivity contribution in [2.45, 2.75) is 12.3 Å². The van der Waals surface area contributed by atoms with Gasteiger partial charge in [-0.1, -0.05) is 12.1 Å². The number of ketones is 1. The minimum absolute atomic E-state index is 0.00230. The molecule has 0 saturated carbocycles. The Labute approximate surface area is 112 Å². The number of fused-ring (bicyclic) bond motifs is 1. The molecule has 1 aliphatic heterocycles. The van der Waals surface area contributed by atoms with Crippen molar-refractivity contribution < 1.29 is 28.3 Å². The topological polar surface area (TPSA) is 90.7 Å². The second-order valence-corrected chi connectivity index (χ2v) is 4.44. The average Bonchev–Trinajstić information content (AvgIpc) is 3.00. The molecule has 2 aromatic rings. The Balaban J connectivity index is 2.04. The molecule has 3 rings (SSSR count). The van der Waals surface area contributed by atoms with Crippen molar-refractivity contribution in [3.63, 3.8) is 0 Å². The lowest BCUT2D eigenvalue weighted by molar-refractivity contribution is -0.152. The standard InChI is InChI=1S/C14H8O6/c15-5-11(16)13-9-2-1-7(3-8(9)6-19-13)10-4-12(17)20-14(10)18/h1-3,5-6,10H,4H2. The van der Waals surface area contributed by atoms with E-state index >= 15 is 0 Å². The van der Waals surface area contributed by atoms with Crippen LogP contribution in [0.3, 0.4) is 0 Å². The summed E-state index contributed by atoms with van der Waals surface area (Å²) in [4.78, 5) is 44.4. The second-order valence-electron chi connectivity index (χ2n) is 4.44. The predicted octanol–water partition coefficient (Wildman–Crippen LogP) is 1.37. The van der Waals surface area contributed by atoms with Gasteiger partial charge < -0.3 is 9.15 Å². The normalized spacial score (nSPS) is 18.3. The smallest absolute Gasteiger partial charge is 0.321 e. The lowest BCUT2D eigenvalue weighted by Gasteiger charge is -2.04. The van der Waals surface area contributed by atoms with E-state index < -0.39 is 23.6 Å². The molecule has 1 aliphatic rings. The summed E-state index contributed by atoms with van der Waals surface area (Å²) in [6, 6.07) is 4.84. The third kappa shape index (κ3) is 1.82. The van der Waals surface area contributed by atoms with Gasteiger partial charge in [0.2, 0.25) is 0 Å². The molecule has 6 heteroatoms. The van der Waals surface area contributed by atoms with Gasteiger partial charge in [-0.05, 0) is 11.6 Å². The molecule has 1 atom stereocenters. The van der Waals surface area contributed by atoms with E-state index in [9.17, 15) is 19.2 Å². The first kappa shape index (κ1) is 12.3. The van der Waals surface area contributed by atoms with E-state index in [0.29, 0.717) is 16.3 Å². The number of esters is 2. The molecule has 0 N–H and O–H groups in total. The average molecular weight is 272 g/mol. The number of aldehydes is 1. The Morgan fingerprint density at radius 3 is 2.75 bits per heavy atom. The van der Waals surface area contributed by atoms with Gasteiger partial charge in [0.05, 0.1) is 18.6 Å². The van der Waals surface area contributed by atoms with E-state index in [2.05, 4.69) is 4.74 Å². The Morgan fingerprint density at radius 1 is 1.30 bits per heavy atom. The molecule has 1 aromatic heterocycles. The van der Waals surface area contributed by atoms with Gasteiger partial charge in [-0.25, -0.2) is 0 Å². The van der Waals surface area contributed by atoms with Crippen LogP contribution >= 0.6 is 0 Å². The molecule has 2 heterocycles. The quantitative estimate of drug-likeness (QED) is 0.275. The summed E-state index contributed by atoms with van der Waals surface area (Å²) in [6.07, 6.45) is 1.51. The zero-order valence-electron chi connectivity index (χ0n) is 10.1. The van der Waals surface area contributed by atoms with Crippen LogP contribution < -0.4 is 0 Å². The molecular weight excluding hydrogens is 264 g/mol. The summed E-state index contributed by atoms with van der Waals surface area (Å²) in [6.45, 7) is 0. The number of furan rings is 1. The van der Waals surface area contributed by atoms with Crippen molar-refractivity contribution in [3.8, 4) is 0 Å². The number of benzene rings is 1. The molecule has 1 unspecified atom stereocenters. The van der Waals surface area contributed by atoms with Gasteiger partial charge in [0.1, 0.15) is 0 Å². The molecule has 0 bridgehead atoms. The van der Waals surface area contributed by atoms with Gasteiger partial charge in [0, 0.05) is 10.8 Å². The highest BCUT2D eigenvalue weighted by molar-refractivity contribution is 6.35. The van der Waals surface area contributed by atoms with Crippen LogP contribution in [0.4, 0.5) is 0 Å². The van der Waals surface area contributed by atoms with Crippen molar-refractivity contribution in [1.82, 2.24) is 0 Å². The first-order valence-electron chi connectivity index (χ1n) is 5.85. The molecule has 0 aliphatic carbocycles. The van der Waals surface area contributed by atoms with Crippen LogP contribution in [0.1, 0.15) is 28.5 Å². The molecule has 1 aromatic carbocycles. The fourth-order valence-corrected chi connectivity index (χ4v) is 2.26. The maximum atomic E-state index is 11.5. The monoisotopic (exact) mass is 272 g/mol. The van der Waals surface area contributed by atoms with Crippen molar-refractivity contribution in [2.24, 2.45) is 0 Å². The third-order valence-electron chi connectivity index (χ3n) is 3.23. The minimum atomic E-state index is -0.747. The molecule has 1 saturated heterocycles. The highest BCUT2D eigenvalue weighted by Crippen LogP contribution is 2.31. The maximum Gasteiger partial charge on any atom is 0.321 e. The highest BCUT2D eigenvalue weighted by atomic mass is 16.6. The van der Waals surface area contributed by atoms with Gasteiger partial charge in [-0.15, -0.1) is 0 Å². The summed E-state index contributed by atoms with van der Waals surface area (Å²) < 4.78 is 9.57. The fourth-order valence-electron chi connectivity index (χ4n) is 2.26. The van der Waals surface area contributed by atoms with E-state index in [1.165, 1.54) is 6.26 Å². The van der Waals surface area contributed by atoms with E-state index in [1.54, 1.807) is 18.2 Å². The minimum Gasteiger partial charge on any atom is -0.459 e. The number of ether oxygens (including phenoxy) is 1. The lowest BCUT2D eigenvalue weighted by atomic mass is 9.95. The largest absolute Gasteiger partial charge is 0.459 e. The summed E-state index contributed by atoms with van der Waals surface area (Å²) in [5.41, 5.74) is 0.610. The number of carbonyl (C=O) groups is 4. The van der Waals surface area contributed by atoms with E-state index in [0.717, 1.165) is 0 Å². The van der Waals surface area contributed by atoms with Crippen LogP contribution in [-0.2, 0) is 19.1 Å². The molecular formula is C14H8O6. The SMILES string of the molecule is O=CC(=O)c1occ2cc(C3CC(=O)OC3=O)ccc12. The third-order valence-corrected chi connectivity index (χ3v) is 3.23. The molecule has 20 heavy (non-hydrogen) atoms. The molecule has 100 valence electrons. The first-order valence-corrected chi connectivity index (χ1v) is 5.85. The van der Waals surface area contributed by atoms with Crippen molar-refractivity contribution >= 4 is 34.8 Å². The van der Waals surface area contributed by atoms with Crippen LogP contribution in [0.15, 0.2) is 28.9 Å². The number of hydrogen-bond acceptors (Lipinski definition) is 6. The summed E-state index contributed by atoms with van der Waals surface area (Å²) in [5, 5.41) is 1.07. The number of hydrogen-bond donors (Lipinski definition) is 0. The van der Waals surface area contributed by atoms with Crippen LogP contribution in [0.2, 0.25) is 0 Å². The Morgan fingerprint density at radius 2 is 2.10 bits per heavy atom. The number of cyclic esters (lactones) is 2. The summed E-state index contributed by atoms with van der Waals surface area (Å²) in [5.74, 6) is -2.55. The molecule has 6 nitrogen and oxygen atoms in total. The highest BCUT2D eigenvalue weighted by Gasteiger charge is 2.34. The van der Waals surface area contributed by atoms with Gasteiger partial charge in [-0.3, -0.25) is 19.2 Å². The van der Waals surface area contributed by atoms with Gasteiger partial charge >= 0.3 is 11.9 Å². The van der Waals surface area contributed by atoms with E-state index in [1.807, 2.05) is 0 Å². The Kier molecular flexibility index (Phi) is 2.71. The van der Waals surface area contributed by atoms with E-state index in [4.69, 9.17) is 4.42 Å². The summed E-state index contributed by atoms with van der Waals surface area (Å²) >= 11 is 0. The molecule has 0 spiro atoms. The van der Waals surface area contributed by atoms with Crippen LogP contribution in [-0.4, -0.2) is 24.0 Å². The fraction of sp³-hybridized carbons (Fsp3) is 0.143. The molecule has 0 radical (unpaired) electrons. The number of rotatable bonds is 3. The zero-order valence-corrected chi connectivity index (χ0v) is 10.1. The van der Waals surface area contributed by atoms with Gasteiger partial charge in [0.15, 0.2) is 12.0 Å². The maximum absolute atomic E-state index is 11.5. The number of carbonyl (C=O) groups excluding carboxylic acids is 4. The van der Waals surface area contributed by atoms with Crippen LogP contribution in [0.25, 0.3) is 10.8 Å². The summed E-state index contributed by atoms with van der Waals surface area (Å²) in [7, 11) is 0. The number of Topliss-reactive ketones (excluding diaryl/α,β-unsaturated/α-hetero) is 1. The van der Waals surface area contributed by atoms with Crippen LogP contribution in [0.5, 0.6) is 0 Å². The predicted molar refractivity (Wildman–Crippen MR) is 65.1 cm³/mol.